The molecule has 2 aliphatic rings. The molecule has 3 rings (SSSR count). The number of piperidine rings is 1. The van der Waals surface area contributed by atoms with Crippen molar-refractivity contribution in [1.29, 1.82) is 0 Å². The first-order valence-electron chi connectivity index (χ1n) is 6.64. The van der Waals surface area contributed by atoms with Gasteiger partial charge < -0.3 is 15.5 Å². The molecule has 0 aliphatic carbocycles. The van der Waals surface area contributed by atoms with Gasteiger partial charge >= 0.3 is 0 Å². The van der Waals surface area contributed by atoms with Crippen molar-refractivity contribution in [3.05, 3.63) is 35.4 Å². The van der Waals surface area contributed by atoms with Crippen LogP contribution in [0.5, 0.6) is 0 Å². The number of nitrogens with zero attached hydrogens (tertiary/aromatic N) is 1. The first-order chi connectivity index (χ1) is 8.75. The second-order valence-electron chi connectivity index (χ2n) is 5.27. The van der Waals surface area contributed by atoms with E-state index in [1.165, 1.54) is 5.56 Å². The average Bonchev–Trinajstić information content (AvgIpc) is 2.39. The zero-order valence-electron chi connectivity index (χ0n) is 10.4. The van der Waals surface area contributed by atoms with Gasteiger partial charge in [0.25, 0.3) is 0 Å². The number of hydrogen-bond donors (Lipinski definition) is 3. The summed E-state index contributed by atoms with van der Waals surface area (Å²) in [5, 5.41) is 23.5. The lowest BCUT2D eigenvalue weighted by atomic mass is 9.93. The molecule has 1 saturated heterocycles. The molecule has 98 valence electrons. The van der Waals surface area contributed by atoms with Gasteiger partial charge in [0, 0.05) is 25.7 Å². The number of fused-ring (bicyclic) bond motifs is 1. The van der Waals surface area contributed by atoms with Gasteiger partial charge in [-0.15, -0.1) is 0 Å². The Morgan fingerprint density at radius 3 is 2.89 bits per heavy atom. The van der Waals surface area contributed by atoms with Crippen LogP contribution in [0.15, 0.2) is 24.3 Å². The van der Waals surface area contributed by atoms with Crippen LogP contribution in [-0.2, 0) is 6.54 Å². The van der Waals surface area contributed by atoms with E-state index in [4.69, 9.17) is 0 Å². The number of nitrogens with one attached hydrogen (secondary N) is 1. The highest BCUT2D eigenvalue weighted by Crippen LogP contribution is 2.29. The topological polar surface area (TPSA) is 55.7 Å². The van der Waals surface area contributed by atoms with Crippen LogP contribution in [-0.4, -0.2) is 46.9 Å². The molecule has 0 spiro atoms. The van der Waals surface area contributed by atoms with Gasteiger partial charge in [0.15, 0.2) is 0 Å². The van der Waals surface area contributed by atoms with Crippen LogP contribution in [0.25, 0.3) is 0 Å². The summed E-state index contributed by atoms with van der Waals surface area (Å²) >= 11 is 0. The molecule has 0 saturated carbocycles. The molecular formula is C14H20N2O2. The van der Waals surface area contributed by atoms with E-state index < -0.39 is 6.10 Å². The van der Waals surface area contributed by atoms with Crippen LogP contribution in [0.3, 0.4) is 0 Å². The van der Waals surface area contributed by atoms with Gasteiger partial charge in [-0.25, -0.2) is 0 Å². The molecular weight excluding hydrogens is 228 g/mol. The number of rotatable bonds is 1. The van der Waals surface area contributed by atoms with E-state index in [2.05, 4.69) is 16.3 Å². The van der Waals surface area contributed by atoms with Crippen molar-refractivity contribution in [3.63, 3.8) is 0 Å². The predicted molar refractivity (Wildman–Crippen MR) is 69.1 cm³/mol. The molecule has 0 radical (unpaired) electrons. The minimum atomic E-state index is -0.433. The Labute approximate surface area is 107 Å². The number of aliphatic hydroxyl groups excluding tert-OH is 2. The summed E-state index contributed by atoms with van der Waals surface area (Å²) in [5.41, 5.74) is 2.22. The molecule has 3 atom stereocenters. The lowest BCUT2D eigenvalue weighted by molar-refractivity contribution is -0.00787. The summed E-state index contributed by atoms with van der Waals surface area (Å²) in [6, 6.07) is 8.20. The molecule has 1 fully saturated rings. The van der Waals surface area contributed by atoms with E-state index >= 15 is 0 Å². The zero-order valence-corrected chi connectivity index (χ0v) is 10.4. The Hall–Kier alpha value is -0.940. The molecule has 0 aromatic heterocycles. The predicted octanol–water partition coefficient (Wildman–Crippen LogP) is 0.258. The Bertz CT molecular complexity index is 424. The summed E-state index contributed by atoms with van der Waals surface area (Å²) in [5.74, 6) is 0. The highest BCUT2D eigenvalue weighted by molar-refractivity contribution is 5.31. The van der Waals surface area contributed by atoms with Crippen LogP contribution >= 0.6 is 0 Å². The maximum absolute atomic E-state index is 10.2. The van der Waals surface area contributed by atoms with Crippen molar-refractivity contribution in [1.82, 2.24) is 10.2 Å². The molecule has 2 heterocycles. The summed E-state index contributed by atoms with van der Waals surface area (Å²) < 4.78 is 0. The fourth-order valence-electron chi connectivity index (χ4n) is 3.11. The number of β-amino-alcohol motifs (C(OH)–C–C–N with tert-alkyl or cyclic N) is 2. The van der Waals surface area contributed by atoms with Crippen LogP contribution in [0.2, 0.25) is 0 Å². The van der Waals surface area contributed by atoms with Gasteiger partial charge in [-0.3, -0.25) is 4.90 Å². The fourth-order valence-corrected chi connectivity index (χ4v) is 3.11. The fraction of sp³-hybridized carbons (Fsp3) is 0.571. The Kier molecular flexibility index (Phi) is 3.35. The number of aliphatic hydroxyl groups is 2. The van der Waals surface area contributed by atoms with Gasteiger partial charge in [-0.2, -0.15) is 0 Å². The Balaban J connectivity index is 1.80. The lowest BCUT2D eigenvalue weighted by Crippen LogP contribution is -2.54. The largest absolute Gasteiger partial charge is 0.390 e. The van der Waals surface area contributed by atoms with Crippen LogP contribution in [0, 0.1) is 0 Å². The monoisotopic (exact) mass is 248 g/mol. The third-order valence-electron chi connectivity index (χ3n) is 4.08. The van der Waals surface area contributed by atoms with E-state index in [1.807, 2.05) is 18.2 Å². The molecule has 3 N–H and O–H groups in total. The lowest BCUT2D eigenvalue weighted by Gasteiger charge is -2.41. The smallest absolute Gasteiger partial charge is 0.0920 e. The molecule has 4 nitrogen and oxygen atoms in total. The third kappa shape index (κ3) is 2.17. The normalized spacial score (nSPS) is 33.1. The van der Waals surface area contributed by atoms with Gasteiger partial charge in [0.2, 0.25) is 0 Å². The summed E-state index contributed by atoms with van der Waals surface area (Å²) in [4.78, 5) is 2.22. The van der Waals surface area contributed by atoms with Gasteiger partial charge in [-0.1, -0.05) is 24.3 Å². The highest BCUT2D eigenvalue weighted by atomic mass is 16.3. The van der Waals surface area contributed by atoms with E-state index in [0.717, 1.165) is 25.1 Å². The van der Waals surface area contributed by atoms with Crippen molar-refractivity contribution < 1.29 is 10.2 Å². The van der Waals surface area contributed by atoms with E-state index in [1.54, 1.807) is 0 Å². The van der Waals surface area contributed by atoms with Crippen LogP contribution in [0.1, 0.15) is 23.7 Å². The SMILES string of the molecule is OC1CN([C@@H]2CCNC[C@H]2O)Cc2ccccc21. The molecule has 1 unspecified atom stereocenters. The molecule has 18 heavy (non-hydrogen) atoms. The van der Waals surface area contributed by atoms with E-state index in [-0.39, 0.29) is 12.1 Å². The standard InChI is InChI=1S/C14H20N2O2/c17-13-7-15-6-5-12(13)16-8-10-3-1-2-4-11(10)14(18)9-16/h1-4,12-15,17-18H,5-9H2/t12-,13-,14?/m1/s1. The number of benzene rings is 1. The third-order valence-corrected chi connectivity index (χ3v) is 4.08. The van der Waals surface area contributed by atoms with E-state index in [0.29, 0.717) is 13.1 Å². The summed E-state index contributed by atoms with van der Waals surface area (Å²) in [6.07, 6.45) is 0.170. The first kappa shape index (κ1) is 12.1. The average molecular weight is 248 g/mol. The van der Waals surface area contributed by atoms with Crippen molar-refractivity contribution in [2.45, 2.75) is 31.2 Å². The highest BCUT2D eigenvalue weighted by Gasteiger charge is 2.33. The van der Waals surface area contributed by atoms with Crippen molar-refractivity contribution in [2.24, 2.45) is 0 Å². The van der Waals surface area contributed by atoms with Crippen molar-refractivity contribution in [3.8, 4) is 0 Å². The minimum absolute atomic E-state index is 0.161. The van der Waals surface area contributed by atoms with Crippen LogP contribution in [0.4, 0.5) is 0 Å². The van der Waals surface area contributed by atoms with Crippen molar-refractivity contribution >= 4 is 0 Å². The first-order valence-corrected chi connectivity index (χ1v) is 6.64. The van der Waals surface area contributed by atoms with Crippen molar-refractivity contribution in [2.75, 3.05) is 19.6 Å². The summed E-state index contributed by atoms with van der Waals surface area (Å²) in [7, 11) is 0. The number of hydrogen-bond acceptors (Lipinski definition) is 4. The maximum atomic E-state index is 10.2. The summed E-state index contributed by atoms with van der Waals surface area (Å²) in [6.45, 7) is 3.04. The Morgan fingerprint density at radius 2 is 2.06 bits per heavy atom. The molecule has 0 bridgehead atoms. The van der Waals surface area contributed by atoms with Gasteiger partial charge in [0.05, 0.1) is 12.2 Å². The van der Waals surface area contributed by atoms with E-state index in [9.17, 15) is 10.2 Å². The molecule has 1 aromatic carbocycles. The van der Waals surface area contributed by atoms with Gasteiger partial charge in [0.1, 0.15) is 0 Å². The molecule has 4 heteroatoms. The minimum Gasteiger partial charge on any atom is -0.390 e. The molecule has 0 amide bonds. The Morgan fingerprint density at radius 1 is 1.22 bits per heavy atom. The second-order valence-corrected chi connectivity index (χ2v) is 5.27. The maximum Gasteiger partial charge on any atom is 0.0920 e. The van der Waals surface area contributed by atoms with Crippen LogP contribution < -0.4 is 5.32 Å². The quantitative estimate of drug-likeness (QED) is 0.667. The molecule has 1 aromatic rings. The molecule has 2 aliphatic heterocycles. The second kappa shape index (κ2) is 4.97. The zero-order chi connectivity index (χ0) is 12.5. The van der Waals surface area contributed by atoms with Gasteiger partial charge in [-0.05, 0) is 24.1 Å².